The van der Waals surface area contributed by atoms with Crippen LogP contribution in [0.15, 0.2) is 16.8 Å². The van der Waals surface area contributed by atoms with Crippen LogP contribution < -0.4 is 5.32 Å². The number of hydrogen-bond acceptors (Lipinski definition) is 3. The fraction of sp³-hybridized carbons (Fsp3) is 0.667. The number of aliphatic hydroxyl groups is 1. The lowest BCUT2D eigenvalue weighted by Gasteiger charge is -2.19. The summed E-state index contributed by atoms with van der Waals surface area (Å²) in [5.74, 6) is 0. The van der Waals surface area contributed by atoms with Crippen LogP contribution in [0.1, 0.15) is 32.8 Å². The maximum Gasteiger partial charge on any atom is 0.0603 e. The van der Waals surface area contributed by atoms with Crippen LogP contribution in [-0.4, -0.2) is 23.3 Å². The predicted octanol–water partition coefficient (Wildman–Crippen LogP) is 2.43. The van der Waals surface area contributed by atoms with Gasteiger partial charge >= 0.3 is 0 Å². The third kappa shape index (κ3) is 5.92. The summed E-state index contributed by atoms with van der Waals surface area (Å²) in [6.07, 6.45) is 1.86. The quantitative estimate of drug-likeness (QED) is 0.782. The molecule has 0 radical (unpaired) electrons. The molecule has 1 heterocycles. The molecule has 0 amide bonds. The van der Waals surface area contributed by atoms with Gasteiger partial charge in [-0.2, -0.15) is 11.3 Å². The Hall–Kier alpha value is -0.380. The van der Waals surface area contributed by atoms with E-state index in [0.29, 0.717) is 6.04 Å². The first kappa shape index (κ1) is 12.7. The highest BCUT2D eigenvalue weighted by Gasteiger charge is 2.12. The van der Waals surface area contributed by atoms with Gasteiger partial charge in [0.05, 0.1) is 5.60 Å². The van der Waals surface area contributed by atoms with Crippen LogP contribution in [-0.2, 0) is 6.42 Å². The molecule has 0 aliphatic carbocycles. The van der Waals surface area contributed by atoms with Gasteiger partial charge in [0.25, 0.3) is 0 Å². The van der Waals surface area contributed by atoms with Crippen molar-refractivity contribution in [2.24, 2.45) is 0 Å². The second-order valence-electron chi connectivity index (χ2n) is 4.75. The molecular formula is C12H21NOS. The first-order chi connectivity index (χ1) is 6.97. The predicted molar refractivity (Wildman–Crippen MR) is 66.4 cm³/mol. The normalized spacial score (nSPS) is 14.1. The molecule has 0 bridgehead atoms. The zero-order valence-corrected chi connectivity index (χ0v) is 10.6. The van der Waals surface area contributed by atoms with E-state index in [4.69, 9.17) is 0 Å². The smallest absolute Gasteiger partial charge is 0.0603 e. The number of thiophene rings is 1. The summed E-state index contributed by atoms with van der Waals surface area (Å²) in [6, 6.07) is 2.64. The molecule has 0 aliphatic heterocycles. The largest absolute Gasteiger partial charge is 0.390 e. The zero-order valence-electron chi connectivity index (χ0n) is 9.79. The van der Waals surface area contributed by atoms with Crippen molar-refractivity contribution < 1.29 is 5.11 Å². The molecule has 2 nitrogen and oxygen atoms in total. The van der Waals surface area contributed by atoms with Crippen LogP contribution in [0.2, 0.25) is 0 Å². The highest BCUT2D eigenvalue weighted by atomic mass is 32.1. The fourth-order valence-electron chi connectivity index (χ4n) is 1.46. The maximum atomic E-state index is 9.55. The van der Waals surface area contributed by atoms with Gasteiger partial charge in [-0.05, 0) is 62.5 Å². The summed E-state index contributed by atoms with van der Waals surface area (Å²) in [5.41, 5.74) is 0.831. The van der Waals surface area contributed by atoms with E-state index in [9.17, 15) is 5.11 Å². The molecule has 1 aromatic heterocycles. The van der Waals surface area contributed by atoms with E-state index < -0.39 is 5.60 Å². The molecule has 0 aliphatic rings. The van der Waals surface area contributed by atoms with Crippen molar-refractivity contribution in [3.8, 4) is 0 Å². The molecule has 1 unspecified atom stereocenters. The van der Waals surface area contributed by atoms with E-state index in [1.165, 1.54) is 5.56 Å². The number of rotatable bonds is 6. The average Bonchev–Trinajstić information content (AvgIpc) is 2.54. The van der Waals surface area contributed by atoms with Crippen molar-refractivity contribution in [3.05, 3.63) is 22.4 Å². The van der Waals surface area contributed by atoms with Crippen LogP contribution in [0, 0.1) is 0 Å². The lowest BCUT2D eigenvalue weighted by molar-refractivity contribution is 0.0705. The minimum atomic E-state index is -0.560. The Morgan fingerprint density at radius 2 is 2.27 bits per heavy atom. The van der Waals surface area contributed by atoms with Gasteiger partial charge in [0, 0.05) is 6.04 Å². The molecule has 15 heavy (non-hydrogen) atoms. The molecule has 1 atom stereocenters. The topological polar surface area (TPSA) is 32.3 Å². The Balaban J connectivity index is 2.17. The van der Waals surface area contributed by atoms with Gasteiger partial charge in [0.2, 0.25) is 0 Å². The SMILES string of the molecule is CC(Cc1ccsc1)NCCC(C)(C)O. The summed E-state index contributed by atoms with van der Waals surface area (Å²) in [5, 5.41) is 17.3. The third-order valence-electron chi connectivity index (χ3n) is 2.35. The van der Waals surface area contributed by atoms with Gasteiger partial charge in [0.1, 0.15) is 0 Å². The van der Waals surface area contributed by atoms with E-state index in [1.54, 1.807) is 11.3 Å². The summed E-state index contributed by atoms with van der Waals surface area (Å²) >= 11 is 1.74. The van der Waals surface area contributed by atoms with Crippen molar-refractivity contribution in [3.63, 3.8) is 0 Å². The summed E-state index contributed by atoms with van der Waals surface area (Å²) in [7, 11) is 0. The summed E-state index contributed by atoms with van der Waals surface area (Å²) in [6.45, 7) is 6.74. The standard InChI is InChI=1S/C12H21NOS/c1-10(8-11-4-7-15-9-11)13-6-5-12(2,3)14/h4,7,9-10,13-14H,5-6,8H2,1-3H3. The monoisotopic (exact) mass is 227 g/mol. The van der Waals surface area contributed by atoms with Crippen molar-refractivity contribution in [1.82, 2.24) is 5.32 Å². The number of hydrogen-bond donors (Lipinski definition) is 2. The van der Waals surface area contributed by atoms with Crippen LogP contribution in [0.5, 0.6) is 0 Å². The van der Waals surface area contributed by atoms with Crippen molar-refractivity contribution in [2.75, 3.05) is 6.54 Å². The zero-order chi connectivity index (χ0) is 11.3. The molecular weight excluding hydrogens is 206 g/mol. The molecule has 0 fully saturated rings. The molecule has 0 spiro atoms. The summed E-state index contributed by atoms with van der Waals surface area (Å²) < 4.78 is 0. The molecule has 1 rings (SSSR count). The van der Waals surface area contributed by atoms with Crippen molar-refractivity contribution >= 4 is 11.3 Å². The Morgan fingerprint density at radius 3 is 2.80 bits per heavy atom. The second-order valence-corrected chi connectivity index (χ2v) is 5.53. The van der Waals surface area contributed by atoms with Crippen LogP contribution in [0.4, 0.5) is 0 Å². The Bertz CT molecular complexity index is 264. The highest BCUT2D eigenvalue weighted by Crippen LogP contribution is 2.09. The molecule has 86 valence electrons. The molecule has 0 saturated carbocycles. The molecule has 2 N–H and O–H groups in total. The van der Waals surface area contributed by atoms with Crippen molar-refractivity contribution in [2.45, 2.75) is 45.3 Å². The lowest BCUT2D eigenvalue weighted by Crippen LogP contribution is -2.33. The Labute approximate surface area is 96.3 Å². The Morgan fingerprint density at radius 1 is 1.53 bits per heavy atom. The molecule has 0 aromatic carbocycles. The minimum absolute atomic E-state index is 0.474. The van der Waals surface area contributed by atoms with Gasteiger partial charge in [-0.15, -0.1) is 0 Å². The van der Waals surface area contributed by atoms with Gasteiger partial charge in [-0.1, -0.05) is 0 Å². The number of nitrogens with one attached hydrogen (secondary N) is 1. The fourth-order valence-corrected chi connectivity index (χ4v) is 2.14. The van der Waals surface area contributed by atoms with Crippen LogP contribution >= 0.6 is 11.3 Å². The second kappa shape index (κ2) is 5.64. The van der Waals surface area contributed by atoms with Gasteiger partial charge in [-0.25, -0.2) is 0 Å². The minimum Gasteiger partial charge on any atom is -0.390 e. The molecule has 0 saturated heterocycles. The van der Waals surface area contributed by atoms with Gasteiger partial charge in [-0.3, -0.25) is 0 Å². The van der Waals surface area contributed by atoms with Crippen molar-refractivity contribution in [1.29, 1.82) is 0 Å². The van der Waals surface area contributed by atoms with E-state index >= 15 is 0 Å². The molecule has 3 heteroatoms. The maximum absolute atomic E-state index is 9.55. The highest BCUT2D eigenvalue weighted by molar-refractivity contribution is 7.07. The first-order valence-electron chi connectivity index (χ1n) is 5.44. The lowest BCUT2D eigenvalue weighted by atomic mass is 10.1. The van der Waals surface area contributed by atoms with E-state index in [1.807, 2.05) is 13.8 Å². The van der Waals surface area contributed by atoms with E-state index in [-0.39, 0.29) is 0 Å². The van der Waals surface area contributed by atoms with Gasteiger partial charge < -0.3 is 10.4 Å². The van der Waals surface area contributed by atoms with Crippen LogP contribution in [0.3, 0.4) is 0 Å². The van der Waals surface area contributed by atoms with E-state index in [0.717, 1.165) is 19.4 Å². The van der Waals surface area contributed by atoms with Gasteiger partial charge in [0.15, 0.2) is 0 Å². The first-order valence-corrected chi connectivity index (χ1v) is 6.38. The third-order valence-corrected chi connectivity index (χ3v) is 3.08. The summed E-state index contributed by atoms with van der Waals surface area (Å²) in [4.78, 5) is 0. The molecule has 1 aromatic rings. The Kier molecular flexibility index (Phi) is 4.77. The van der Waals surface area contributed by atoms with Crippen LogP contribution in [0.25, 0.3) is 0 Å². The average molecular weight is 227 g/mol. The van der Waals surface area contributed by atoms with E-state index in [2.05, 4.69) is 29.1 Å².